The summed E-state index contributed by atoms with van der Waals surface area (Å²) in [6, 6.07) is 15.1. The number of furan rings is 1. The SMILES string of the molecule is O=C1/C(=C/c2ccc(-c3ccc([N+](=O)[O-])cc3Cl)o2)Sc2ccccc21. The highest BCUT2D eigenvalue weighted by molar-refractivity contribution is 8.04. The topological polar surface area (TPSA) is 73.3 Å². The number of rotatable bonds is 3. The van der Waals surface area contributed by atoms with Crippen molar-refractivity contribution < 1.29 is 14.1 Å². The number of nitrogens with zero attached hydrogens (tertiary/aromatic N) is 1. The summed E-state index contributed by atoms with van der Waals surface area (Å²) in [7, 11) is 0. The molecule has 0 saturated heterocycles. The van der Waals surface area contributed by atoms with E-state index in [4.69, 9.17) is 16.0 Å². The molecule has 0 amide bonds. The Hall–Kier alpha value is -2.83. The van der Waals surface area contributed by atoms with Gasteiger partial charge in [0.1, 0.15) is 11.5 Å². The molecule has 0 atom stereocenters. The number of ketones is 1. The van der Waals surface area contributed by atoms with E-state index in [0.29, 0.717) is 27.6 Å². The molecule has 128 valence electrons. The fourth-order valence-corrected chi connectivity index (χ4v) is 3.96. The molecule has 1 aliphatic rings. The molecule has 0 saturated carbocycles. The van der Waals surface area contributed by atoms with Gasteiger partial charge in [-0.25, -0.2) is 0 Å². The summed E-state index contributed by atoms with van der Waals surface area (Å²) in [4.78, 5) is 24.2. The van der Waals surface area contributed by atoms with Gasteiger partial charge < -0.3 is 4.42 Å². The third-order valence-electron chi connectivity index (χ3n) is 3.90. The van der Waals surface area contributed by atoms with Gasteiger partial charge in [-0.3, -0.25) is 14.9 Å². The third-order valence-corrected chi connectivity index (χ3v) is 5.32. The highest BCUT2D eigenvalue weighted by Crippen LogP contribution is 2.41. The van der Waals surface area contributed by atoms with Gasteiger partial charge in [0.05, 0.1) is 14.9 Å². The van der Waals surface area contributed by atoms with Crippen LogP contribution in [0, 0.1) is 10.1 Å². The van der Waals surface area contributed by atoms with Crippen molar-refractivity contribution in [3.8, 4) is 11.3 Å². The fraction of sp³-hybridized carbons (Fsp3) is 0. The first-order valence-electron chi connectivity index (χ1n) is 7.60. The molecule has 2 aromatic carbocycles. The Morgan fingerprint density at radius 2 is 1.88 bits per heavy atom. The molecule has 0 bridgehead atoms. The molecule has 0 fully saturated rings. The molecular weight excluding hydrogens is 374 g/mol. The van der Waals surface area contributed by atoms with Gasteiger partial charge in [-0.15, -0.1) is 0 Å². The second kappa shape index (κ2) is 6.48. The second-order valence-electron chi connectivity index (χ2n) is 5.56. The summed E-state index contributed by atoms with van der Waals surface area (Å²) >= 11 is 7.54. The minimum Gasteiger partial charge on any atom is -0.457 e. The molecule has 0 radical (unpaired) electrons. The number of benzene rings is 2. The predicted octanol–water partition coefficient (Wildman–Crippen LogP) is 5.84. The number of nitro groups is 1. The molecule has 0 unspecified atom stereocenters. The molecule has 5 nitrogen and oxygen atoms in total. The quantitative estimate of drug-likeness (QED) is 0.323. The van der Waals surface area contributed by atoms with Crippen LogP contribution in [0.15, 0.2) is 68.8 Å². The van der Waals surface area contributed by atoms with Crippen molar-refractivity contribution in [1.82, 2.24) is 0 Å². The average Bonchev–Trinajstić information content (AvgIpc) is 3.21. The van der Waals surface area contributed by atoms with Gasteiger partial charge in [-0.2, -0.15) is 0 Å². The van der Waals surface area contributed by atoms with E-state index >= 15 is 0 Å². The van der Waals surface area contributed by atoms with Crippen LogP contribution in [0.1, 0.15) is 16.1 Å². The molecule has 4 rings (SSSR count). The van der Waals surface area contributed by atoms with Gasteiger partial charge in [-0.1, -0.05) is 35.5 Å². The number of carbonyl (C=O) groups excluding carboxylic acids is 1. The number of carbonyl (C=O) groups is 1. The first kappa shape index (κ1) is 16.6. The minimum absolute atomic E-state index is 0.0306. The Morgan fingerprint density at radius 3 is 2.62 bits per heavy atom. The smallest absolute Gasteiger partial charge is 0.270 e. The van der Waals surface area contributed by atoms with Crippen LogP contribution in [-0.2, 0) is 0 Å². The fourth-order valence-electron chi connectivity index (χ4n) is 2.66. The largest absolute Gasteiger partial charge is 0.457 e. The van der Waals surface area contributed by atoms with Crippen LogP contribution < -0.4 is 0 Å². The maximum atomic E-state index is 12.4. The van der Waals surface area contributed by atoms with Crippen LogP contribution in [0.4, 0.5) is 5.69 Å². The lowest BCUT2D eigenvalue weighted by atomic mass is 10.1. The molecule has 1 aliphatic heterocycles. The van der Waals surface area contributed by atoms with Crippen LogP contribution >= 0.6 is 23.4 Å². The number of nitro benzene ring substituents is 1. The summed E-state index contributed by atoms with van der Waals surface area (Å²) in [5.41, 5.74) is 1.16. The van der Waals surface area contributed by atoms with E-state index in [0.717, 1.165) is 4.90 Å². The normalized spacial score (nSPS) is 14.7. The number of Topliss-reactive ketones (excluding diaryl/α,β-unsaturated/α-hetero) is 1. The van der Waals surface area contributed by atoms with Crippen LogP contribution in [-0.4, -0.2) is 10.7 Å². The van der Waals surface area contributed by atoms with Gasteiger partial charge in [0.25, 0.3) is 5.69 Å². The van der Waals surface area contributed by atoms with E-state index < -0.39 is 4.92 Å². The third kappa shape index (κ3) is 2.94. The summed E-state index contributed by atoms with van der Waals surface area (Å²) in [6.45, 7) is 0. The first-order valence-corrected chi connectivity index (χ1v) is 8.80. The molecule has 0 N–H and O–H groups in total. The van der Waals surface area contributed by atoms with Crippen molar-refractivity contribution in [3.05, 3.63) is 86.0 Å². The Balaban J connectivity index is 1.64. The molecule has 26 heavy (non-hydrogen) atoms. The van der Waals surface area contributed by atoms with E-state index in [2.05, 4.69) is 0 Å². The zero-order valence-electron chi connectivity index (χ0n) is 13.1. The second-order valence-corrected chi connectivity index (χ2v) is 7.05. The summed E-state index contributed by atoms with van der Waals surface area (Å²) in [5, 5.41) is 11.0. The van der Waals surface area contributed by atoms with Crippen LogP contribution in [0.2, 0.25) is 5.02 Å². The summed E-state index contributed by atoms with van der Waals surface area (Å²) in [5.74, 6) is 0.958. The Kier molecular flexibility index (Phi) is 4.14. The van der Waals surface area contributed by atoms with Gasteiger partial charge >= 0.3 is 0 Å². The highest BCUT2D eigenvalue weighted by atomic mass is 35.5. The number of fused-ring (bicyclic) bond motifs is 1. The van der Waals surface area contributed by atoms with E-state index in [1.807, 2.05) is 18.2 Å². The number of non-ortho nitro benzene ring substituents is 1. The predicted molar refractivity (Wildman–Crippen MR) is 100 cm³/mol. The molecule has 2 heterocycles. The number of thioether (sulfide) groups is 1. The van der Waals surface area contributed by atoms with Gasteiger partial charge in [-0.05, 0) is 36.4 Å². The van der Waals surface area contributed by atoms with Gasteiger partial charge in [0, 0.05) is 28.2 Å². The highest BCUT2D eigenvalue weighted by Gasteiger charge is 2.25. The van der Waals surface area contributed by atoms with E-state index in [1.165, 1.54) is 23.9 Å². The van der Waals surface area contributed by atoms with Gasteiger partial charge in [0.2, 0.25) is 5.78 Å². The van der Waals surface area contributed by atoms with Crippen LogP contribution in [0.5, 0.6) is 0 Å². The minimum atomic E-state index is -0.506. The molecule has 3 aromatic rings. The molecule has 7 heteroatoms. The van der Waals surface area contributed by atoms with Crippen LogP contribution in [0.3, 0.4) is 0 Å². The summed E-state index contributed by atoms with van der Waals surface area (Å²) < 4.78 is 5.76. The molecule has 1 aromatic heterocycles. The van der Waals surface area contributed by atoms with Crippen molar-refractivity contribution in [2.75, 3.05) is 0 Å². The Morgan fingerprint density at radius 1 is 1.08 bits per heavy atom. The zero-order valence-corrected chi connectivity index (χ0v) is 14.7. The van der Waals surface area contributed by atoms with Crippen LogP contribution in [0.25, 0.3) is 17.4 Å². The maximum absolute atomic E-state index is 12.4. The first-order chi connectivity index (χ1) is 12.5. The Labute approximate surface area is 157 Å². The number of hydrogen-bond donors (Lipinski definition) is 0. The van der Waals surface area contributed by atoms with Crippen molar-refractivity contribution in [2.24, 2.45) is 0 Å². The lowest BCUT2D eigenvalue weighted by Crippen LogP contribution is -1.93. The van der Waals surface area contributed by atoms with Gasteiger partial charge in [0.15, 0.2) is 0 Å². The van der Waals surface area contributed by atoms with Crippen molar-refractivity contribution >= 4 is 40.9 Å². The average molecular weight is 384 g/mol. The molecule has 0 aliphatic carbocycles. The molecular formula is C19H10ClNO4S. The standard InChI is InChI=1S/C19H10ClNO4S/c20-15-9-11(21(23)24)5-7-13(15)16-8-6-12(25-16)10-18-19(22)14-3-1-2-4-17(14)26-18/h1-10H/b18-10-. The number of hydrogen-bond acceptors (Lipinski definition) is 5. The Bertz CT molecular complexity index is 1090. The lowest BCUT2D eigenvalue weighted by Gasteiger charge is -2.00. The van der Waals surface area contributed by atoms with Crippen molar-refractivity contribution in [2.45, 2.75) is 4.90 Å². The summed E-state index contributed by atoms with van der Waals surface area (Å²) in [6.07, 6.45) is 1.69. The monoisotopic (exact) mass is 383 g/mol. The van der Waals surface area contributed by atoms with Crippen molar-refractivity contribution in [3.63, 3.8) is 0 Å². The number of halogens is 1. The number of allylic oxidation sites excluding steroid dienone is 1. The molecule has 0 spiro atoms. The maximum Gasteiger partial charge on any atom is 0.270 e. The van der Waals surface area contributed by atoms with E-state index in [-0.39, 0.29) is 16.5 Å². The van der Waals surface area contributed by atoms with E-state index in [1.54, 1.807) is 30.3 Å². The lowest BCUT2D eigenvalue weighted by molar-refractivity contribution is -0.384. The van der Waals surface area contributed by atoms with E-state index in [9.17, 15) is 14.9 Å². The zero-order chi connectivity index (χ0) is 18.3. The van der Waals surface area contributed by atoms with Crippen molar-refractivity contribution in [1.29, 1.82) is 0 Å².